The molecule has 0 unspecified atom stereocenters. The predicted molar refractivity (Wildman–Crippen MR) is 163 cm³/mol. The van der Waals surface area contributed by atoms with E-state index >= 15 is 0 Å². The fourth-order valence-electron chi connectivity index (χ4n) is 4.24. The van der Waals surface area contributed by atoms with Gasteiger partial charge in [0, 0.05) is 0 Å². The van der Waals surface area contributed by atoms with Crippen LogP contribution < -0.4 is 30.7 Å². The van der Waals surface area contributed by atoms with Crippen molar-refractivity contribution in [3.05, 3.63) is 36.4 Å². The average molecular weight is 559 g/mol. The van der Waals surface area contributed by atoms with Crippen LogP contribution in [0.3, 0.4) is 0 Å². The molecule has 0 saturated carbocycles. The Morgan fingerprint density at radius 3 is 1.30 bits per heavy atom. The van der Waals surface area contributed by atoms with Crippen LogP contribution in [-0.4, -0.2) is 102 Å². The third-order valence-corrected chi connectivity index (χ3v) is 8.16. The summed E-state index contributed by atoms with van der Waals surface area (Å²) in [4.78, 5) is 25.0. The van der Waals surface area contributed by atoms with Gasteiger partial charge in [-0.15, -0.1) is 0 Å². The van der Waals surface area contributed by atoms with Gasteiger partial charge in [0.05, 0.1) is 92.0 Å². The molecule has 0 bridgehead atoms. The van der Waals surface area contributed by atoms with E-state index in [0.717, 1.165) is 59.4 Å². The monoisotopic (exact) mass is 558 g/mol. The summed E-state index contributed by atoms with van der Waals surface area (Å²) >= 11 is 0. The number of carbonyl (C=O) groups excluding carboxylic acids is 2. The number of hydrogen-bond donors (Lipinski definition) is 4. The molecule has 222 valence electrons. The summed E-state index contributed by atoms with van der Waals surface area (Å²) in [7, 11) is 7.51. The van der Waals surface area contributed by atoms with Crippen LogP contribution >= 0.6 is 0 Å². The SMILES string of the molecule is CC[N+](C)(CC)CCNC(=O)Nc1ccc(-c2ccc(NC(=O)NCC[N+](C)(CC)CC)c(OC)c2)cc1OC. The van der Waals surface area contributed by atoms with Gasteiger partial charge >= 0.3 is 12.1 Å². The normalized spacial score (nSPS) is 11.5. The zero-order valence-electron chi connectivity index (χ0n) is 25.6. The Balaban J connectivity index is 2.06. The molecule has 0 heterocycles. The lowest BCUT2D eigenvalue weighted by Gasteiger charge is -2.32. The number of likely N-dealkylation sites (N-methyl/N-ethyl adjacent to an activating group) is 2. The molecular formula is C30H50N6O4+2. The first-order valence-electron chi connectivity index (χ1n) is 14.2. The van der Waals surface area contributed by atoms with Crippen molar-refractivity contribution < 1.29 is 28.0 Å². The third kappa shape index (κ3) is 9.31. The maximum atomic E-state index is 12.5. The molecule has 0 atom stereocenters. The Hall–Kier alpha value is -3.50. The van der Waals surface area contributed by atoms with E-state index in [-0.39, 0.29) is 12.1 Å². The van der Waals surface area contributed by atoms with Gasteiger partial charge in [0.25, 0.3) is 0 Å². The highest BCUT2D eigenvalue weighted by atomic mass is 16.5. The Morgan fingerprint density at radius 1 is 0.650 bits per heavy atom. The predicted octanol–water partition coefficient (Wildman–Crippen LogP) is 4.59. The number of amides is 4. The lowest BCUT2D eigenvalue weighted by Crippen LogP contribution is -2.48. The number of methoxy groups -OCH3 is 2. The van der Waals surface area contributed by atoms with Gasteiger partial charge in [0.2, 0.25) is 0 Å². The van der Waals surface area contributed by atoms with Crippen LogP contribution in [0.25, 0.3) is 11.1 Å². The summed E-state index contributed by atoms with van der Waals surface area (Å²) in [5.74, 6) is 1.08. The van der Waals surface area contributed by atoms with Crippen molar-refractivity contribution in [1.29, 1.82) is 0 Å². The molecule has 2 aromatic carbocycles. The molecule has 0 spiro atoms. The summed E-state index contributed by atoms with van der Waals surface area (Å²) in [6.07, 6.45) is 0. The average Bonchev–Trinajstić information content (AvgIpc) is 2.97. The number of carbonyl (C=O) groups is 2. The van der Waals surface area contributed by atoms with Crippen LogP contribution in [0, 0.1) is 0 Å². The Kier molecular flexibility index (Phi) is 12.5. The van der Waals surface area contributed by atoms with Gasteiger partial charge in [-0.2, -0.15) is 0 Å². The molecule has 4 amide bonds. The van der Waals surface area contributed by atoms with Gasteiger partial charge in [-0.1, -0.05) is 12.1 Å². The van der Waals surface area contributed by atoms with Crippen LogP contribution in [0.4, 0.5) is 21.0 Å². The summed E-state index contributed by atoms with van der Waals surface area (Å²) < 4.78 is 12.9. The quantitative estimate of drug-likeness (QED) is 0.240. The zero-order valence-corrected chi connectivity index (χ0v) is 25.6. The smallest absolute Gasteiger partial charge is 0.319 e. The first-order chi connectivity index (χ1) is 19.1. The summed E-state index contributed by atoms with van der Waals surface area (Å²) in [5.41, 5.74) is 2.92. The van der Waals surface area contributed by atoms with E-state index in [2.05, 4.69) is 63.1 Å². The number of anilines is 2. The van der Waals surface area contributed by atoms with Gasteiger partial charge in [0.1, 0.15) is 11.5 Å². The third-order valence-electron chi connectivity index (χ3n) is 8.16. The van der Waals surface area contributed by atoms with Gasteiger partial charge < -0.3 is 39.7 Å². The first-order valence-corrected chi connectivity index (χ1v) is 14.2. The van der Waals surface area contributed by atoms with Crippen LogP contribution in [0.1, 0.15) is 27.7 Å². The number of hydrogen-bond acceptors (Lipinski definition) is 4. The number of nitrogens with zero attached hydrogens (tertiary/aromatic N) is 2. The van der Waals surface area contributed by atoms with Crippen LogP contribution in [0.2, 0.25) is 0 Å². The lowest BCUT2D eigenvalue weighted by molar-refractivity contribution is -0.904. The molecule has 0 aromatic heterocycles. The van der Waals surface area contributed by atoms with E-state index in [0.29, 0.717) is 36.0 Å². The van der Waals surface area contributed by atoms with Crippen molar-refractivity contribution in [2.45, 2.75) is 27.7 Å². The number of urea groups is 2. The fourth-order valence-corrected chi connectivity index (χ4v) is 4.24. The minimum absolute atomic E-state index is 0.270. The molecule has 0 aliphatic heterocycles. The lowest BCUT2D eigenvalue weighted by atomic mass is 10.0. The summed E-state index contributed by atoms with van der Waals surface area (Å²) in [6, 6.07) is 10.6. The maximum Gasteiger partial charge on any atom is 0.319 e. The van der Waals surface area contributed by atoms with Crippen molar-refractivity contribution in [3.63, 3.8) is 0 Å². The highest BCUT2D eigenvalue weighted by Crippen LogP contribution is 2.35. The van der Waals surface area contributed by atoms with Crippen molar-refractivity contribution in [3.8, 4) is 22.6 Å². The number of benzene rings is 2. The maximum absolute atomic E-state index is 12.5. The number of rotatable bonds is 15. The summed E-state index contributed by atoms with van der Waals surface area (Å²) in [5, 5.41) is 11.6. The van der Waals surface area contributed by atoms with Crippen LogP contribution in [0.15, 0.2) is 36.4 Å². The van der Waals surface area contributed by atoms with E-state index in [1.165, 1.54) is 0 Å². The largest absolute Gasteiger partial charge is 0.495 e. The topological polar surface area (TPSA) is 101 Å². The number of ether oxygens (including phenoxy) is 2. The Morgan fingerprint density at radius 2 is 1.00 bits per heavy atom. The molecule has 0 fully saturated rings. The second-order valence-corrected chi connectivity index (χ2v) is 10.5. The fraction of sp³-hybridized carbons (Fsp3) is 0.533. The second kappa shape index (κ2) is 15.3. The highest BCUT2D eigenvalue weighted by molar-refractivity contribution is 5.93. The molecule has 0 radical (unpaired) electrons. The van der Waals surface area contributed by atoms with E-state index in [1.54, 1.807) is 14.2 Å². The van der Waals surface area contributed by atoms with E-state index in [4.69, 9.17) is 9.47 Å². The zero-order chi connectivity index (χ0) is 29.8. The van der Waals surface area contributed by atoms with Gasteiger partial charge in [-0.05, 0) is 63.1 Å². The van der Waals surface area contributed by atoms with E-state index in [1.807, 2.05) is 36.4 Å². The molecule has 2 aromatic rings. The minimum Gasteiger partial charge on any atom is -0.495 e. The Bertz CT molecular complexity index is 1030. The van der Waals surface area contributed by atoms with Gasteiger partial charge in [-0.3, -0.25) is 0 Å². The summed E-state index contributed by atoms with van der Waals surface area (Å²) in [6.45, 7) is 15.6. The number of nitrogens with one attached hydrogen (secondary N) is 4. The van der Waals surface area contributed by atoms with Gasteiger partial charge in [-0.25, -0.2) is 9.59 Å². The van der Waals surface area contributed by atoms with Crippen molar-refractivity contribution >= 4 is 23.4 Å². The molecule has 40 heavy (non-hydrogen) atoms. The first kappa shape index (κ1) is 32.7. The molecule has 0 saturated heterocycles. The standard InChI is InChI=1S/C30H48N6O4/c1-9-35(5,10-2)19-17-31-29(37)33-25-15-13-23(21-27(25)39-7)24-14-16-26(28(22-24)40-8)34-30(38)32-18-20-36(6,11-3)12-4/h13-16,21-22H,9-12,17-20H2,1-8H3,(H2-2,31,32,33,34,37,38)/p+2. The molecule has 0 aliphatic rings. The minimum atomic E-state index is -0.270. The van der Waals surface area contributed by atoms with Crippen molar-refractivity contribution in [2.24, 2.45) is 0 Å². The number of quaternary nitrogens is 2. The molecule has 2 rings (SSSR count). The van der Waals surface area contributed by atoms with Crippen molar-refractivity contribution in [1.82, 2.24) is 10.6 Å². The molecular weight excluding hydrogens is 508 g/mol. The highest BCUT2D eigenvalue weighted by Gasteiger charge is 2.18. The van der Waals surface area contributed by atoms with E-state index in [9.17, 15) is 9.59 Å². The molecule has 4 N–H and O–H groups in total. The van der Waals surface area contributed by atoms with Crippen LogP contribution in [-0.2, 0) is 0 Å². The molecule has 0 aliphatic carbocycles. The molecule has 10 heteroatoms. The Labute approximate surface area is 240 Å². The molecule has 10 nitrogen and oxygen atoms in total. The van der Waals surface area contributed by atoms with Crippen molar-refractivity contribution in [2.75, 3.05) is 91.3 Å². The second-order valence-electron chi connectivity index (χ2n) is 10.5. The van der Waals surface area contributed by atoms with Crippen LogP contribution in [0.5, 0.6) is 11.5 Å². The van der Waals surface area contributed by atoms with E-state index < -0.39 is 0 Å². The van der Waals surface area contributed by atoms with Gasteiger partial charge in [0.15, 0.2) is 0 Å².